The number of ether oxygens (including phenoxy) is 1. The van der Waals surface area contributed by atoms with Crippen molar-refractivity contribution in [2.75, 3.05) is 46.4 Å². The number of hydrogen-bond acceptors (Lipinski definition) is 4. The maximum Gasteiger partial charge on any atom is 0.191 e. The van der Waals surface area contributed by atoms with Gasteiger partial charge in [0.05, 0.1) is 7.11 Å². The number of likely N-dealkylation sites (tertiary alicyclic amines) is 1. The van der Waals surface area contributed by atoms with Gasteiger partial charge in [-0.3, -0.25) is 4.99 Å². The summed E-state index contributed by atoms with van der Waals surface area (Å²) in [5, 5.41) is 16.4. The van der Waals surface area contributed by atoms with Crippen LogP contribution in [0.1, 0.15) is 44.6 Å². The highest BCUT2D eigenvalue weighted by molar-refractivity contribution is 14.0. The van der Waals surface area contributed by atoms with Gasteiger partial charge < -0.3 is 25.4 Å². The molecule has 160 valence electrons. The summed E-state index contributed by atoms with van der Waals surface area (Å²) in [6, 6.07) is 5.48. The molecular weight excluding hydrogens is 467 g/mol. The van der Waals surface area contributed by atoms with Gasteiger partial charge in [-0.15, -0.1) is 24.0 Å². The van der Waals surface area contributed by atoms with Gasteiger partial charge in [-0.25, -0.2) is 0 Å². The number of phenolic OH excluding ortho intramolecular Hbond substituents is 1. The average molecular weight is 504 g/mol. The number of aromatic hydroxyl groups is 1. The van der Waals surface area contributed by atoms with Crippen molar-refractivity contribution in [2.24, 2.45) is 4.99 Å². The Morgan fingerprint density at radius 3 is 2.61 bits per heavy atom. The van der Waals surface area contributed by atoms with Crippen molar-refractivity contribution in [3.63, 3.8) is 0 Å². The fraction of sp³-hybridized carbons (Fsp3) is 0.667. The minimum atomic E-state index is 0. The maximum atomic E-state index is 9.68. The number of nitrogens with one attached hydrogen (secondary N) is 2. The number of phenols is 1. The summed E-state index contributed by atoms with van der Waals surface area (Å²) < 4.78 is 5.16. The number of guanidine groups is 1. The van der Waals surface area contributed by atoms with Gasteiger partial charge in [0.25, 0.3) is 0 Å². The molecule has 1 saturated heterocycles. The Labute approximate surface area is 187 Å². The van der Waals surface area contributed by atoms with Gasteiger partial charge in [-0.2, -0.15) is 0 Å². The van der Waals surface area contributed by atoms with Gasteiger partial charge in [0.1, 0.15) is 0 Å². The Kier molecular flexibility index (Phi) is 13.1. The van der Waals surface area contributed by atoms with Crippen molar-refractivity contribution in [1.82, 2.24) is 15.5 Å². The van der Waals surface area contributed by atoms with Crippen LogP contribution in [0.4, 0.5) is 0 Å². The summed E-state index contributed by atoms with van der Waals surface area (Å²) in [5.74, 6) is 1.56. The van der Waals surface area contributed by atoms with Crippen LogP contribution < -0.4 is 15.4 Å². The monoisotopic (exact) mass is 504 g/mol. The van der Waals surface area contributed by atoms with E-state index >= 15 is 0 Å². The minimum absolute atomic E-state index is 0. The lowest BCUT2D eigenvalue weighted by atomic mass is 10.1. The van der Waals surface area contributed by atoms with Gasteiger partial charge >= 0.3 is 0 Å². The zero-order valence-electron chi connectivity index (χ0n) is 17.4. The van der Waals surface area contributed by atoms with Crippen LogP contribution in [0.2, 0.25) is 0 Å². The molecule has 0 saturated carbocycles. The van der Waals surface area contributed by atoms with Crippen molar-refractivity contribution in [2.45, 2.75) is 45.4 Å². The molecule has 0 spiro atoms. The normalized spacial score (nSPS) is 15.4. The standard InChI is InChI=1S/C21H36N4O2.HI/c1-3-22-21(23-12-8-16-25-14-6-4-5-7-15-25)24-13-11-18-9-10-19(26)20(17-18)27-2;/h9-10,17,26H,3-8,11-16H2,1-2H3,(H2,22,23,24);1H. The summed E-state index contributed by atoms with van der Waals surface area (Å²) in [6.45, 7) is 8.21. The molecule has 0 aliphatic carbocycles. The van der Waals surface area contributed by atoms with Crippen molar-refractivity contribution < 1.29 is 9.84 Å². The van der Waals surface area contributed by atoms with E-state index in [9.17, 15) is 5.11 Å². The van der Waals surface area contributed by atoms with Gasteiger partial charge in [0.15, 0.2) is 17.5 Å². The number of benzene rings is 1. The lowest BCUT2D eigenvalue weighted by molar-refractivity contribution is 0.283. The highest BCUT2D eigenvalue weighted by Gasteiger charge is 2.08. The SMILES string of the molecule is CCNC(=NCCCN1CCCCCC1)NCCc1ccc(O)c(OC)c1.I. The lowest BCUT2D eigenvalue weighted by Gasteiger charge is -2.19. The van der Waals surface area contributed by atoms with E-state index in [1.54, 1.807) is 13.2 Å². The predicted molar refractivity (Wildman–Crippen MR) is 127 cm³/mol. The molecule has 2 rings (SSSR count). The highest BCUT2D eigenvalue weighted by Crippen LogP contribution is 2.26. The molecular formula is C21H37IN4O2. The third-order valence-corrected chi connectivity index (χ3v) is 4.90. The molecule has 0 bridgehead atoms. The second-order valence-corrected chi connectivity index (χ2v) is 7.05. The Hall–Kier alpha value is -1.22. The highest BCUT2D eigenvalue weighted by atomic mass is 127. The molecule has 1 aliphatic heterocycles. The Balaban J connectivity index is 0.00000392. The van der Waals surface area contributed by atoms with Crippen LogP contribution in [-0.4, -0.2) is 62.3 Å². The fourth-order valence-corrected chi connectivity index (χ4v) is 3.39. The van der Waals surface area contributed by atoms with E-state index in [0.29, 0.717) is 5.75 Å². The molecule has 0 amide bonds. The summed E-state index contributed by atoms with van der Waals surface area (Å²) in [5.41, 5.74) is 1.12. The molecule has 6 nitrogen and oxygen atoms in total. The summed E-state index contributed by atoms with van der Waals surface area (Å²) >= 11 is 0. The fourth-order valence-electron chi connectivity index (χ4n) is 3.39. The van der Waals surface area contributed by atoms with E-state index in [1.165, 1.54) is 38.8 Å². The molecule has 3 N–H and O–H groups in total. The second kappa shape index (κ2) is 14.7. The van der Waals surface area contributed by atoms with Crippen molar-refractivity contribution >= 4 is 29.9 Å². The van der Waals surface area contributed by atoms with E-state index in [0.717, 1.165) is 50.5 Å². The first-order valence-corrected chi connectivity index (χ1v) is 10.3. The molecule has 1 aliphatic rings. The lowest BCUT2D eigenvalue weighted by Crippen LogP contribution is -2.38. The average Bonchev–Trinajstić information content (AvgIpc) is 2.95. The number of halogens is 1. The van der Waals surface area contributed by atoms with Crippen LogP contribution in [0.25, 0.3) is 0 Å². The number of aliphatic imine (C=N–C) groups is 1. The van der Waals surface area contributed by atoms with Crippen LogP contribution >= 0.6 is 24.0 Å². The van der Waals surface area contributed by atoms with Gasteiger partial charge in [-0.05, 0) is 69.9 Å². The summed E-state index contributed by atoms with van der Waals surface area (Å²) in [6.07, 6.45) is 7.40. The maximum absolute atomic E-state index is 9.68. The van der Waals surface area contributed by atoms with Crippen LogP contribution in [0, 0.1) is 0 Å². The molecule has 1 fully saturated rings. The molecule has 0 atom stereocenters. The Morgan fingerprint density at radius 1 is 1.18 bits per heavy atom. The first-order chi connectivity index (χ1) is 13.2. The third-order valence-electron chi connectivity index (χ3n) is 4.90. The van der Waals surface area contributed by atoms with Gasteiger partial charge in [0.2, 0.25) is 0 Å². The third kappa shape index (κ3) is 9.32. The second-order valence-electron chi connectivity index (χ2n) is 7.05. The Bertz CT molecular complexity index is 576. The number of nitrogens with zero attached hydrogens (tertiary/aromatic N) is 2. The van der Waals surface area contributed by atoms with Crippen LogP contribution in [0.3, 0.4) is 0 Å². The molecule has 0 radical (unpaired) electrons. The van der Waals surface area contributed by atoms with E-state index in [2.05, 4.69) is 22.5 Å². The van der Waals surface area contributed by atoms with E-state index in [4.69, 9.17) is 9.73 Å². The summed E-state index contributed by atoms with van der Waals surface area (Å²) in [7, 11) is 1.57. The zero-order valence-corrected chi connectivity index (χ0v) is 19.7. The first kappa shape index (κ1) is 24.8. The molecule has 0 unspecified atom stereocenters. The minimum Gasteiger partial charge on any atom is -0.504 e. The van der Waals surface area contributed by atoms with Crippen molar-refractivity contribution in [3.05, 3.63) is 23.8 Å². The molecule has 0 aromatic heterocycles. The first-order valence-electron chi connectivity index (χ1n) is 10.3. The van der Waals surface area contributed by atoms with Crippen LogP contribution in [0.15, 0.2) is 23.2 Å². The summed E-state index contributed by atoms with van der Waals surface area (Å²) in [4.78, 5) is 7.29. The molecule has 7 heteroatoms. The largest absolute Gasteiger partial charge is 0.504 e. The molecule has 28 heavy (non-hydrogen) atoms. The van der Waals surface area contributed by atoms with Crippen LogP contribution in [-0.2, 0) is 6.42 Å². The number of rotatable bonds is 9. The van der Waals surface area contributed by atoms with E-state index in [1.807, 2.05) is 12.1 Å². The zero-order chi connectivity index (χ0) is 19.3. The molecule has 1 aromatic carbocycles. The van der Waals surface area contributed by atoms with Gasteiger partial charge in [-0.1, -0.05) is 18.9 Å². The molecule has 1 heterocycles. The number of hydrogen-bond donors (Lipinski definition) is 3. The van der Waals surface area contributed by atoms with Gasteiger partial charge in [0, 0.05) is 19.6 Å². The van der Waals surface area contributed by atoms with E-state index in [-0.39, 0.29) is 29.7 Å². The smallest absolute Gasteiger partial charge is 0.191 e. The Morgan fingerprint density at radius 2 is 1.93 bits per heavy atom. The topological polar surface area (TPSA) is 69.1 Å². The quantitative estimate of drug-likeness (QED) is 0.208. The van der Waals surface area contributed by atoms with Crippen molar-refractivity contribution in [1.29, 1.82) is 0 Å². The number of methoxy groups -OCH3 is 1. The van der Waals surface area contributed by atoms with E-state index < -0.39 is 0 Å². The van der Waals surface area contributed by atoms with Crippen LogP contribution in [0.5, 0.6) is 11.5 Å². The molecule has 1 aromatic rings. The predicted octanol–water partition coefficient (Wildman–Crippen LogP) is 3.38. The van der Waals surface area contributed by atoms with Crippen molar-refractivity contribution in [3.8, 4) is 11.5 Å².